The van der Waals surface area contributed by atoms with E-state index in [0.29, 0.717) is 12.8 Å². The largest absolute Gasteiger partial charge is 0.479 e. The Morgan fingerprint density at radius 1 is 0.759 bits per heavy atom. The standard InChI is InChI=1S/C23H42O6/c1-2-3-4-5-6-7-8-9-10-11-12-13-14-15-16-17-18-19-23(29,22(27)28)20(24)21(25)26/h10-11,20,24,29H,2-9,12-19H2,1H3,(H,25,26)(H,27,28)/b11-10-. The summed E-state index contributed by atoms with van der Waals surface area (Å²) in [6.45, 7) is 2.24. The lowest BCUT2D eigenvalue weighted by atomic mass is 9.90. The topological polar surface area (TPSA) is 115 Å². The van der Waals surface area contributed by atoms with Crippen molar-refractivity contribution in [2.75, 3.05) is 0 Å². The average molecular weight is 415 g/mol. The third-order valence-corrected chi connectivity index (χ3v) is 5.38. The Hall–Kier alpha value is -1.40. The van der Waals surface area contributed by atoms with Gasteiger partial charge in [-0.1, -0.05) is 83.3 Å². The molecule has 2 atom stereocenters. The Bertz CT molecular complexity index is 462. The summed E-state index contributed by atoms with van der Waals surface area (Å²) in [7, 11) is 0. The number of aliphatic carboxylic acids is 2. The van der Waals surface area contributed by atoms with Gasteiger partial charge in [0.25, 0.3) is 0 Å². The van der Waals surface area contributed by atoms with Gasteiger partial charge in [-0.2, -0.15) is 0 Å². The maximum atomic E-state index is 11.1. The maximum absolute atomic E-state index is 11.1. The number of rotatable bonds is 20. The zero-order chi connectivity index (χ0) is 22.0. The second-order valence-electron chi connectivity index (χ2n) is 8.01. The fourth-order valence-electron chi connectivity index (χ4n) is 3.38. The van der Waals surface area contributed by atoms with E-state index in [-0.39, 0.29) is 6.42 Å². The van der Waals surface area contributed by atoms with Gasteiger partial charge in [-0.15, -0.1) is 0 Å². The molecule has 2 unspecified atom stereocenters. The molecule has 6 nitrogen and oxygen atoms in total. The molecule has 0 rings (SSSR count). The van der Waals surface area contributed by atoms with E-state index in [2.05, 4.69) is 19.1 Å². The van der Waals surface area contributed by atoms with Gasteiger partial charge < -0.3 is 20.4 Å². The van der Waals surface area contributed by atoms with E-state index in [1.165, 1.54) is 51.4 Å². The zero-order valence-electron chi connectivity index (χ0n) is 18.2. The van der Waals surface area contributed by atoms with Crippen molar-refractivity contribution < 1.29 is 30.0 Å². The second-order valence-corrected chi connectivity index (χ2v) is 8.01. The van der Waals surface area contributed by atoms with Gasteiger partial charge in [0.15, 0.2) is 11.7 Å². The van der Waals surface area contributed by atoms with Crippen LogP contribution in [0.3, 0.4) is 0 Å². The number of unbranched alkanes of at least 4 members (excludes halogenated alkanes) is 13. The number of aliphatic hydroxyl groups is 2. The number of allylic oxidation sites excluding steroid dienone is 2. The van der Waals surface area contributed by atoms with Crippen LogP contribution in [-0.4, -0.2) is 44.1 Å². The van der Waals surface area contributed by atoms with Crippen LogP contribution in [-0.2, 0) is 9.59 Å². The minimum absolute atomic E-state index is 0.267. The summed E-state index contributed by atoms with van der Waals surface area (Å²) in [5.41, 5.74) is -2.62. The van der Waals surface area contributed by atoms with Crippen LogP contribution in [0.5, 0.6) is 0 Å². The molecular weight excluding hydrogens is 372 g/mol. The highest BCUT2D eigenvalue weighted by molar-refractivity contribution is 5.87. The molecule has 0 bridgehead atoms. The van der Waals surface area contributed by atoms with Crippen molar-refractivity contribution in [2.24, 2.45) is 0 Å². The molecular formula is C23H42O6. The van der Waals surface area contributed by atoms with Gasteiger partial charge in [0, 0.05) is 0 Å². The lowest BCUT2D eigenvalue weighted by Crippen LogP contribution is -2.53. The number of aliphatic hydroxyl groups excluding tert-OH is 1. The van der Waals surface area contributed by atoms with Crippen LogP contribution in [0.25, 0.3) is 0 Å². The van der Waals surface area contributed by atoms with E-state index in [4.69, 9.17) is 10.2 Å². The third kappa shape index (κ3) is 13.4. The highest BCUT2D eigenvalue weighted by Gasteiger charge is 2.47. The first-order chi connectivity index (χ1) is 13.9. The van der Waals surface area contributed by atoms with Gasteiger partial charge in [0.1, 0.15) is 0 Å². The first kappa shape index (κ1) is 27.6. The third-order valence-electron chi connectivity index (χ3n) is 5.38. The van der Waals surface area contributed by atoms with E-state index in [1.54, 1.807) is 0 Å². The van der Waals surface area contributed by atoms with E-state index in [9.17, 15) is 19.8 Å². The number of carboxylic acids is 2. The van der Waals surface area contributed by atoms with Crippen molar-refractivity contribution >= 4 is 11.9 Å². The predicted molar refractivity (Wildman–Crippen MR) is 115 cm³/mol. The Morgan fingerprint density at radius 3 is 1.59 bits per heavy atom. The quantitative estimate of drug-likeness (QED) is 0.163. The Balaban J connectivity index is 3.59. The fraction of sp³-hybridized carbons (Fsp3) is 0.826. The Morgan fingerprint density at radius 2 is 1.17 bits per heavy atom. The molecule has 0 spiro atoms. The van der Waals surface area contributed by atoms with Crippen molar-refractivity contribution in [3.63, 3.8) is 0 Å². The SMILES string of the molecule is CCCCCCCCC/C=C\CCCCCCCCC(O)(C(=O)O)C(O)C(=O)O. The molecule has 0 aromatic carbocycles. The summed E-state index contributed by atoms with van der Waals surface area (Å²) in [5.74, 6) is -3.43. The van der Waals surface area contributed by atoms with Crippen LogP contribution in [0.2, 0.25) is 0 Å². The first-order valence-electron chi connectivity index (χ1n) is 11.4. The highest BCUT2D eigenvalue weighted by Crippen LogP contribution is 2.21. The fourth-order valence-corrected chi connectivity index (χ4v) is 3.38. The van der Waals surface area contributed by atoms with Crippen LogP contribution in [0.1, 0.15) is 110 Å². The van der Waals surface area contributed by atoms with Gasteiger partial charge in [0.2, 0.25) is 0 Å². The van der Waals surface area contributed by atoms with Crippen LogP contribution >= 0.6 is 0 Å². The van der Waals surface area contributed by atoms with Gasteiger partial charge >= 0.3 is 11.9 Å². The molecule has 0 aromatic rings. The molecule has 0 amide bonds. The minimum Gasteiger partial charge on any atom is -0.479 e. The monoisotopic (exact) mass is 414 g/mol. The molecule has 0 radical (unpaired) electrons. The van der Waals surface area contributed by atoms with Crippen molar-refractivity contribution in [1.29, 1.82) is 0 Å². The number of hydrogen-bond acceptors (Lipinski definition) is 4. The first-order valence-corrected chi connectivity index (χ1v) is 11.4. The van der Waals surface area contributed by atoms with E-state index < -0.39 is 23.6 Å². The predicted octanol–water partition coefficient (Wildman–Crippen LogP) is 5.07. The summed E-state index contributed by atoms with van der Waals surface area (Å²) in [4.78, 5) is 21.8. The molecule has 0 saturated carbocycles. The summed E-state index contributed by atoms with van der Waals surface area (Å²) >= 11 is 0. The van der Waals surface area contributed by atoms with E-state index in [0.717, 1.165) is 32.1 Å². The normalized spacial score (nSPS) is 14.7. The number of carbonyl (C=O) groups is 2. The minimum atomic E-state index is -2.62. The van der Waals surface area contributed by atoms with Crippen LogP contribution in [0.4, 0.5) is 0 Å². The molecule has 0 aliphatic heterocycles. The van der Waals surface area contributed by atoms with Crippen molar-refractivity contribution in [1.82, 2.24) is 0 Å². The lowest BCUT2D eigenvalue weighted by molar-refractivity contribution is -0.184. The van der Waals surface area contributed by atoms with Gasteiger partial charge in [-0.05, 0) is 38.5 Å². The molecule has 170 valence electrons. The average Bonchev–Trinajstić information content (AvgIpc) is 2.69. The highest BCUT2D eigenvalue weighted by atomic mass is 16.4. The van der Waals surface area contributed by atoms with Gasteiger partial charge in [-0.25, -0.2) is 9.59 Å². The summed E-state index contributed by atoms with van der Waals surface area (Å²) < 4.78 is 0. The Labute approximate surface area is 176 Å². The van der Waals surface area contributed by atoms with Gasteiger partial charge in [0.05, 0.1) is 0 Å². The maximum Gasteiger partial charge on any atom is 0.339 e. The summed E-state index contributed by atoms with van der Waals surface area (Å²) in [6.07, 6.45) is 18.8. The molecule has 4 N–H and O–H groups in total. The Kier molecular flexibility index (Phi) is 16.6. The van der Waals surface area contributed by atoms with Crippen molar-refractivity contribution in [3.8, 4) is 0 Å². The molecule has 6 heteroatoms. The van der Waals surface area contributed by atoms with Crippen molar-refractivity contribution in [2.45, 2.75) is 121 Å². The molecule has 0 fully saturated rings. The molecule has 0 saturated heterocycles. The summed E-state index contributed by atoms with van der Waals surface area (Å²) in [6, 6.07) is 0. The molecule has 0 aliphatic rings. The lowest BCUT2D eigenvalue weighted by Gasteiger charge is -2.25. The van der Waals surface area contributed by atoms with E-state index >= 15 is 0 Å². The molecule has 0 aromatic heterocycles. The zero-order valence-corrected chi connectivity index (χ0v) is 18.2. The van der Waals surface area contributed by atoms with Gasteiger partial charge in [-0.3, -0.25) is 0 Å². The molecule has 0 heterocycles. The van der Waals surface area contributed by atoms with Crippen LogP contribution in [0.15, 0.2) is 12.2 Å². The van der Waals surface area contributed by atoms with E-state index in [1.807, 2.05) is 0 Å². The smallest absolute Gasteiger partial charge is 0.339 e. The number of carboxylic acid groups (broad SMARTS) is 2. The number of hydrogen-bond donors (Lipinski definition) is 4. The van der Waals surface area contributed by atoms with Crippen molar-refractivity contribution in [3.05, 3.63) is 12.2 Å². The van der Waals surface area contributed by atoms with Crippen LogP contribution in [0, 0.1) is 0 Å². The molecule has 29 heavy (non-hydrogen) atoms. The van der Waals surface area contributed by atoms with Crippen LogP contribution < -0.4 is 0 Å². The second kappa shape index (κ2) is 17.5. The summed E-state index contributed by atoms with van der Waals surface area (Å²) in [5, 5.41) is 37.1. The molecule has 0 aliphatic carbocycles.